The Morgan fingerprint density at radius 3 is 2.60 bits per heavy atom. The van der Waals surface area contributed by atoms with E-state index in [1.54, 1.807) is 0 Å². The van der Waals surface area contributed by atoms with Gasteiger partial charge in [-0.3, -0.25) is 0 Å². The Bertz CT molecular complexity index is 334. The van der Waals surface area contributed by atoms with Crippen LogP contribution < -0.4 is 10.5 Å². The molecule has 0 amide bonds. The molecule has 3 nitrogen and oxygen atoms in total. The predicted molar refractivity (Wildman–Crippen MR) is 61.7 cm³/mol. The monoisotopic (exact) mass is 209 g/mol. The molecule has 15 heavy (non-hydrogen) atoms. The van der Waals surface area contributed by atoms with Crippen LogP contribution in [0.4, 0.5) is 5.69 Å². The summed E-state index contributed by atoms with van der Waals surface area (Å²) in [6, 6.07) is 5.60. The molecular weight excluding hydrogens is 190 g/mol. The summed E-state index contributed by atoms with van der Waals surface area (Å²) >= 11 is 0. The zero-order valence-corrected chi connectivity index (χ0v) is 9.83. The Kier molecular flexibility index (Phi) is 3.58. The highest BCUT2D eigenvalue weighted by Gasteiger charge is 2.26. The summed E-state index contributed by atoms with van der Waals surface area (Å²) in [6.45, 7) is 8.35. The first kappa shape index (κ1) is 11.9. The van der Waals surface area contributed by atoms with Gasteiger partial charge in [-0.2, -0.15) is 0 Å². The van der Waals surface area contributed by atoms with E-state index in [9.17, 15) is 0 Å². The largest absolute Gasteiger partial charge is 0.463 e. The lowest BCUT2D eigenvalue weighted by Crippen LogP contribution is -2.35. The van der Waals surface area contributed by atoms with Gasteiger partial charge in [-0.05, 0) is 18.2 Å². The second kappa shape index (κ2) is 4.53. The van der Waals surface area contributed by atoms with Crippen molar-refractivity contribution < 1.29 is 9.47 Å². The molecule has 2 N–H and O–H groups in total. The number of ether oxygens (including phenoxy) is 2. The topological polar surface area (TPSA) is 44.5 Å². The van der Waals surface area contributed by atoms with Crippen molar-refractivity contribution in [2.24, 2.45) is 0 Å². The minimum absolute atomic E-state index is 0.525. The number of nitrogen functional groups attached to an aromatic ring is 1. The van der Waals surface area contributed by atoms with E-state index in [0.717, 1.165) is 17.0 Å². The Morgan fingerprint density at radius 1 is 1.27 bits per heavy atom. The van der Waals surface area contributed by atoms with Gasteiger partial charge in [0.1, 0.15) is 5.75 Å². The fourth-order valence-electron chi connectivity index (χ4n) is 1.36. The molecule has 0 fully saturated rings. The van der Waals surface area contributed by atoms with Gasteiger partial charge in [0.05, 0.1) is 6.61 Å². The summed E-state index contributed by atoms with van der Waals surface area (Å²) < 4.78 is 11.1. The molecule has 2 rings (SSSR count). The van der Waals surface area contributed by atoms with E-state index < -0.39 is 5.79 Å². The molecule has 0 spiro atoms. The SMILES string of the molecule is CC.CC1(C)OCc2cc(N)ccc2O1. The molecule has 0 bridgehead atoms. The normalized spacial score (nSPS) is 16.8. The van der Waals surface area contributed by atoms with E-state index in [0.29, 0.717) is 6.61 Å². The van der Waals surface area contributed by atoms with Crippen LogP contribution in [0.25, 0.3) is 0 Å². The summed E-state index contributed by atoms with van der Waals surface area (Å²) in [5, 5.41) is 0. The lowest BCUT2D eigenvalue weighted by atomic mass is 10.1. The van der Waals surface area contributed by atoms with Crippen molar-refractivity contribution >= 4 is 5.69 Å². The summed E-state index contributed by atoms with van der Waals surface area (Å²) in [7, 11) is 0. The third-order valence-electron chi connectivity index (χ3n) is 2.02. The van der Waals surface area contributed by atoms with Crippen LogP contribution in [0.5, 0.6) is 5.75 Å². The average molecular weight is 209 g/mol. The van der Waals surface area contributed by atoms with Crippen molar-refractivity contribution in [2.45, 2.75) is 40.1 Å². The molecule has 0 aliphatic carbocycles. The third-order valence-corrected chi connectivity index (χ3v) is 2.02. The highest BCUT2D eigenvalue weighted by molar-refractivity contribution is 5.48. The molecule has 1 aromatic rings. The minimum Gasteiger partial charge on any atom is -0.463 e. The standard InChI is InChI=1S/C10H13NO2.C2H6/c1-10(2)12-6-7-5-8(11)3-4-9(7)13-10;1-2/h3-5H,6,11H2,1-2H3;1-2H3. The quantitative estimate of drug-likeness (QED) is 0.668. The fourth-order valence-corrected chi connectivity index (χ4v) is 1.36. The molecule has 1 aromatic carbocycles. The highest BCUT2D eigenvalue weighted by atomic mass is 16.7. The lowest BCUT2D eigenvalue weighted by Gasteiger charge is -2.32. The molecule has 0 radical (unpaired) electrons. The molecule has 0 atom stereocenters. The van der Waals surface area contributed by atoms with Crippen LogP contribution in [0.1, 0.15) is 33.3 Å². The molecule has 0 saturated heterocycles. The number of nitrogens with two attached hydrogens (primary N) is 1. The first-order valence-corrected chi connectivity index (χ1v) is 5.28. The van der Waals surface area contributed by atoms with Crippen LogP contribution in [0.2, 0.25) is 0 Å². The van der Waals surface area contributed by atoms with Crippen molar-refractivity contribution in [1.29, 1.82) is 0 Å². The molecule has 1 aliphatic rings. The van der Waals surface area contributed by atoms with E-state index >= 15 is 0 Å². The number of rotatable bonds is 0. The van der Waals surface area contributed by atoms with Crippen LogP contribution in [0.15, 0.2) is 18.2 Å². The number of benzene rings is 1. The first-order chi connectivity index (χ1) is 7.07. The van der Waals surface area contributed by atoms with Gasteiger partial charge in [-0.1, -0.05) is 13.8 Å². The van der Waals surface area contributed by atoms with E-state index in [2.05, 4.69) is 0 Å². The van der Waals surface area contributed by atoms with E-state index in [4.69, 9.17) is 15.2 Å². The van der Waals surface area contributed by atoms with Crippen molar-refractivity contribution in [3.63, 3.8) is 0 Å². The third kappa shape index (κ3) is 2.86. The van der Waals surface area contributed by atoms with E-state index in [1.807, 2.05) is 45.9 Å². The summed E-state index contributed by atoms with van der Waals surface area (Å²) in [6.07, 6.45) is 0. The molecule has 3 heteroatoms. The minimum atomic E-state index is -0.525. The van der Waals surface area contributed by atoms with Gasteiger partial charge in [0.15, 0.2) is 0 Å². The average Bonchev–Trinajstić information content (AvgIpc) is 2.21. The Balaban J connectivity index is 0.000000531. The zero-order valence-electron chi connectivity index (χ0n) is 9.83. The molecule has 0 saturated carbocycles. The molecule has 0 aromatic heterocycles. The summed E-state index contributed by atoms with van der Waals surface area (Å²) in [5.74, 6) is 0.341. The molecule has 0 unspecified atom stereocenters. The maximum atomic E-state index is 5.64. The first-order valence-electron chi connectivity index (χ1n) is 5.28. The van der Waals surface area contributed by atoms with Crippen molar-refractivity contribution in [3.05, 3.63) is 23.8 Å². The zero-order chi connectivity index (χ0) is 11.5. The second-order valence-electron chi connectivity index (χ2n) is 3.66. The smallest absolute Gasteiger partial charge is 0.205 e. The summed E-state index contributed by atoms with van der Waals surface area (Å²) in [5.41, 5.74) is 7.39. The van der Waals surface area contributed by atoms with Gasteiger partial charge in [-0.15, -0.1) is 0 Å². The molecule has 1 aliphatic heterocycles. The molecule has 1 heterocycles. The van der Waals surface area contributed by atoms with Crippen LogP contribution in [-0.4, -0.2) is 5.79 Å². The Labute approximate surface area is 91.2 Å². The van der Waals surface area contributed by atoms with Gasteiger partial charge in [0, 0.05) is 25.1 Å². The second-order valence-corrected chi connectivity index (χ2v) is 3.66. The van der Waals surface area contributed by atoms with Crippen LogP contribution in [0.3, 0.4) is 0 Å². The molecule has 84 valence electrons. The predicted octanol–water partition coefficient (Wildman–Crippen LogP) is 2.94. The van der Waals surface area contributed by atoms with Gasteiger partial charge < -0.3 is 15.2 Å². The Morgan fingerprint density at radius 2 is 1.93 bits per heavy atom. The number of hydrogen-bond acceptors (Lipinski definition) is 3. The van der Waals surface area contributed by atoms with Gasteiger partial charge >= 0.3 is 0 Å². The van der Waals surface area contributed by atoms with Crippen molar-refractivity contribution in [1.82, 2.24) is 0 Å². The van der Waals surface area contributed by atoms with Crippen molar-refractivity contribution in [2.75, 3.05) is 5.73 Å². The van der Waals surface area contributed by atoms with E-state index in [-0.39, 0.29) is 0 Å². The maximum absolute atomic E-state index is 5.64. The number of fused-ring (bicyclic) bond motifs is 1. The molecular formula is C12H19NO2. The van der Waals surface area contributed by atoms with Gasteiger partial charge in [0.2, 0.25) is 5.79 Å². The summed E-state index contributed by atoms with van der Waals surface area (Å²) in [4.78, 5) is 0. The van der Waals surface area contributed by atoms with Crippen LogP contribution in [0, 0.1) is 0 Å². The van der Waals surface area contributed by atoms with Crippen molar-refractivity contribution in [3.8, 4) is 5.75 Å². The highest BCUT2D eigenvalue weighted by Crippen LogP contribution is 2.31. The fraction of sp³-hybridized carbons (Fsp3) is 0.500. The lowest BCUT2D eigenvalue weighted by molar-refractivity contribution is -0.180. The number of anilines is 1. The van der Waals surface area contributed by atoms with Crippen LogP contribution in [-0.2, 0) is 11.3 Å². The van der Waals surface area contributed by atoms with Crippen LogP contribution >= 0.6 is 0 Å². The number of hydrogen-bond donors (Lipinski definition) is 1. The maximum Gasteiger partial charge on any atom is 0.205 e. The van der Waals surface area contributed by atoms with Gasteiger partial charge in [0.25, 0.3) is 0 Å². The van der Waals surface area contributed by atoms with Gasteiger partial charge in [-0.25, -0.2) is 0 Å². The Hall–Kier alpha value is -1.22. The van der Waals surface area contributed by atoms with E-state index in [1.165, 1.54) is 0 Å².